The third kappa shape index (κ3) is 4.66. The highest BCUT2D eigenvalue weighted by Crippen LogP contribution is 2.31. The molecule has 0 unspecified atom stereocenters. The van der Waals surface area contributed by atoms with E-state index in [0.717, 1.165) is 25.2 Å². The molecular formula is C26H24F2N6O3S. The zero-order chi connectivity index (χ0) is 27.2. The number of nitrogens with one attached hydrogen (secondary N) is 1. The number of rotatable bonds is 5. The molecule has 0 saturated carbocycles. The molecule has 1 fully saturated rings. The van der Waals surface area contributed by atoms with Crippen LogP contribution in [0.2, 0.25) is 0 Å². The van der Waals surface area contributed by atoms with E-state index in [0.29, 0.717) is 18.7 Å². The monoisotopic (exact) mass is 538 g/mol. The summed E-state index contributed by atoms with van der Waals surface area (Å²) in [6.07, 6.45) is 4.00. The number of anilines is 1. The predicted octanol–water partition coefficient (Wildman–Crippen LogP) is 2.92. The summed E-state index contributed by atoms with van der Waals surface area (Å²) in [6, 6.07) is 9.18. The van der Waals surface area contributed by atoms with E-state index in [9.17, 15) is 22.9 Å². The number of aromatic amines is 1. The Bertz CT molecular complexity index is 1770. The molecule has 3 heterocycles. The Morgan fingerprint density at radius 2 is 2.00 bits per heavy atom. The maximum Gasteiger partial charge on any atom is 0.279 e. The largest absolute Gasteiger partial charge is 0.355 e. The molecule has 1 aliphatic rings. The van der Waals surface area contributed by atoms with Crippen molar-refractivity contribution in [3.63, 3.8) is 0 Å². The summed E-state index contributed by atoms with van der Waals surface area (Å²) >= 11 is 0. The van der Waals surface area contributed by atoms with E-state index in [2.05, 4.69) is 4.98 Å². The molecule has 1 atom stereocenters. The topological polar surface area (TPSA) is 138 Å². The first-order valence-electron chi connectivity index (χ1n) is 11.9. The number of nitrogens with zero attached hydrogens (tertiary/aromatic N) is 4. The molecule has 1 aliphatic heterocycles. The first kappa shape index (κ1) is 25.6. The van der Waals surface area contributed by atoms with E-state index in [-0.39, 0.29) is 51.2 Å². The molecule has 0 spiro atoms. The van der Waals surface area contributed by atoms with Gasteiger partial charge in [-0.3, -0.25) is 9.36 Å². The lowest BCUT2D eigenvalue weighted by Gasteiger charge is -2.33. The van der Waals surface area contributed by atoms with Crippen molar-refractivity contribution >= 4 is 26.8 Å². The molecule has 5 rings (SSSR count). The van der Waals surface area contributed by atoms with Crippen molar-refractivity contribution in [2.45, 2.75) is 30.3 Å². The Kier molecular flexibility index (Phi) is 6.50. The number of aromatic nitrogens is 3. The van der Waals surface area contributed by atoms with E-state index in [4.69, 9.17) is 10.7 Å². The third-order valence-electron chi connectivity index (χ3n) is 6.68. The number of hydrogen-bond acceptors (Lipinski definition) is 7. The van der Waals surface area contributed by atoms with E-state index in [1.807, 2.05) is 11.0 Å². The Morgan fingerprint density at radius 1 is 1.21 bits per heavy atom. The molecule has 38 heavy (non-hydrogen) atoms. The Labute approximate surface area is 217 Å². The normalized spacial score (nSPS) is 16.1. The number of H-pyrrole nitrogens is 1. The summed E-state index contributed by atoms with van der Waals surface area (Å²) in [5.41, 5.74) is 6.89. The van der Waals surface area contributed by atoms with Gasteiger partial charge in [0.2, 0.25) is 5.95 Å². The fourth-order valence-corrected chi connectivity index (χ4v) is 5.41. The average Bonchev–Trinajstić information content (AvgIpc) is 3.29. The molecule has 3 N–H and O–H groups in total. The standard InChI is InChI=1S/C26H24F2N6O3S/c1-38(36,37)19-6-7-20(22(28)10-19)21-12-31-24-23(21)32-26(33-8-2-3-18(30)14-33)34(25(24)35)13-16-9-17(27)5-4-15(16)11-29/h4-7,9-10,12,18,31H,2-3,8,13-14,30H2,1H3/t18-/m1/s1. The Balaban J connectivity index is 1.71. The lowest BCUT2D eigenvalue weighted by atomic mass is 10.1. The number of nitrogens with two attached hydrogens (primary N) is 1. The molecule has 0 bridgehead atoms. The minimum absolute atomic E-state index is 0.0755. The van der Waals surface area contributed by atoms with Crippen molar-refractivity contribution < 1.29 is 17.2 Å². The van der Waals surface area contributed by atoms with Gasteiger partial charge in [-0.2, -0.15) is 5.26 Å². The van der Waals surface area contributed by atoms with Crippen molar-refractivity contribution in [2.75, 3.05) is 24.2 Å². The minimum Gasteiger partial charge on any atom is -0.355 e. The van der Waals surface area contributed by atoms with Gasteiger partial charge >= 0.3 is 0 Å². The van der Waals surface area contributed by atoms with Crippen LogP contribution in [0.25, 0.3) is 22.2 Å². The molecule has 12 heteroatoms. The van der Waals surface area contributed by atoms with Crippen molar-refractivity contribution in [2.24, 2.45) is 5.73 Å². The molecule has 0 aliphatic carbocycles. The van der Waals surface area contributed by atoms with Crippen molar-refractivity contribution in [1.82, 2.24) is 14.5 Å². The Hall–Kier alpha value is -4.08. The summed E-state index contributed by atoms with van der Waals surface area (Å²) in [7, 11) is -3.62. The second-order valence-electron chi connectivity index (χ2n) is 9.40. The van der Waals surface area contributed by atoms with Gasteiger partial charge in [-0.05, 0) is 48.7 Å². The molecule has 0 amide bonds. The quantitative estimate of drug-likeness (QED) is 0.398. The number of nitriles is 1. The molecule has 0 radical (unpaired) electrons. The van der Waals surface area contributed by atoms with Crippen molar-refractivity contribution in [3.05, 3.63) is 75.7 Å². The fraction of sp³-hybridized carbons (Fsp3) is 0.269. The van der Waals surface area contributed by atoms with Crippen LogP contribution in [0.3, 0.4) is 0 Å². The number of hydrogen-bond donors (Lipinski definition) is 2. The predicted molar refractivity (Wildman–Crippen MR) is 138 cm³/mol. The Morgan fingerprint density at radius 3 is 2.68 bits per heavy atom. The van der Waals surface area contributed by atoms with Gasteiger partial charge < -0.3 is 15.6 Å². The van der Waals surface area contributed by atoms with Crippen LogP contribution in [0.15, 0.2) is 52.3 Å². The van der Waals surface area contributed by atoms with Crippen LogP contribution < -0.4 is 16.2 Å². The van der Waals surface area contributed by atoms with Gasteiger partial charge in [0.25, 0.3) is 5.56 Å². The number of sulfone groups is 1. The molecule has 2 aromatic carbocycles. The second-order valence-corrected chi connectivity index (χ2v) is 11.4. The third-order valence-corrected chi connectivity index (χ3v) is 7.79. The zero-order valence-corrected chi connectivity index (χ0v) is 21.2. The molecular weight excluding hydrogens is 514 g/mol. The lowest BCUT2D eigenvalue weighted by Crippen LogP contribution is -2.45. The van der Waals surface area contributed by atoms with Crippen LogP contribution >= 0.6 is 0 Å². The minimum atomic E-state index is -3.62. The highest BCUT2D eigenvalue weighted by Gasteiger charge is 2.25. The van der Waals surface area contributed by atoms with E-state index >= 15 is 4.39 Å². The first-order chi connectivity index (χ1) is 18.1. The van der Waals surface area contributed by atoms with Gasteiger partial charge in [-0.25, -0.2) is 22.2 Å². The van der Waals surface area contributed by atoms with Crippen molar-refractivity contribution in [3.8, 4) is 17.2 Å². The van der Waals surface area contributed by atoms with Crippen LogP contribution in [-0.2, 0) is 16.4 Å². The molecule has 9 nitrogen and oxygen atoms in total. The van der Waals surface area contributed by atoms with Gasteiger partial charge in [-0.15, -0.1) is 0 Å². The summed E-state index contributed by atoms with van der Waals surface area (Å²) in [5, 5.41) is 9.52. The highest BCUT2D eigenvalue weighted by atomic mass is 32.2. The van der Waals surface area contributed by atoms with E-state index < -0.39 is 27.0 Å². The number of halogens is 2. The molecule has 196 valence electrons. The summed E-state index contributed by atoms with van der Waals surface area (Å²) in [4.78, 5) is 23.1. The van der Waals surface area contributed by atoms with E-state index in [1.165, 1.54) is 41.1 Å². The van der Waals surface area contributed by atoms with Crippen LogP contribution in [0, 0.1) is 23.0 Å². The van der Waals surface area contributed by atoms with E-state index in [1.54, 1.807) is 0 Å². The summed E-state index contributed by atoms with van der Waals surface area (Å²) < 4.78 is 54.2. The maximum absolute atomic E-state index is 15.1. The van der Waals surface area contributed by atoms with Crippen molar-refractivity contribution in [1.29, 1.82) is 5.26 Å². The number of fused-ring (bicyclic) bond motifs is 1. The number of benzene rings is 2. The van der Waals surface area contributed by atoms with Crippen LogP contribution in [0.5, 0.6) is 0 Å². The molecule has 2 aromatic heterocycles. The zero-order valence-electron chi connectivity index (χ0n) is 20.4. The van der Waals surface area contributed by atoms with Crippen LogP contribution in [0.4, 0.5) is 14.7 Å². The average molecular weight is 539 g/mol. The van der Waals surface area contributed by atoms with Gasteiger partial charge in [0.15, 0.2) is 9.84 Å². The van der Waals surface area contributed by atoms with Gasteiger partial charge in [0.05, 0.1) is 23.1 Å². The SMILES string of the molecule is CS(=O)(=O)c1ccc(-c2c[nH]c3c(=O)n(Cc4cc(F)ccc4C#N)c(N4CCC[C@@H](N)C4)nc23)c(F)c1. The summed E-state index contributed by atoms with van der Waals surface area (Å²) in [5.74, 6) is -1.06. The molecule has 1 saturated heterocycles. The first-order valence-corrected chi connectivity index (χ1v) is 13.8. The maximum atomic E-state index is 15.1. The van der Waals surface area contributed by atoms with Gasteiger partial charge in [-0.1, -0.05) is 6.07 Å². The fourth-order valence-electron chi connectivity index (χ4n) is 4.78. The van der Waals surface area contributed by atoms with Crippen LogP contribution in [0.1, 0.15) is 24.0 Å². The highest BCUT2D eigenvalue weighted by molar-refractivity contribution is 7.90. The number of piperidine rings is 1. The lowest BCUT2D eigenvalue weighted by molar-refractivity contribution is 0.491. The van der Waals surface area contributed by atoms with Gasteiger partial charge in [0.1, 0.15) is 22.7 Å². The molecule has 4 aromatic rings. The smallest absolute Gasteiger partial charge is 0.279 e. The summed E-state index contributed by atoms with van der Waals surface area (Å²) in [6.45, 7) is 0.871. The second kappa shape index (κ2) is 9.66. The van der Waals surface area contributed by atoms with Crippen LogP contribution in [-0.4, -0.2) is 48.3 Å². The van der Waals surface area contributed by atoms with Gasteiger partial charge in [0, 0.05) is 42.7 Å².